The summed E-state index contributed by atoms with van der Waals surface area (Å²) in [5, 5.41) is 0. The van der Waals surface area contributed by atoms with Gasteiger partial charge < -0.3 is 9.64 Å². The zero-order chi connectivity index (χ0) is 20.1. The van der Waals surface area contributed by atoms with E-state index in [4.69, 9.17) is 4.74 Å². The predicted octanol–water partition coefficient (Wildman–Crippen LogP) is 2.30. The minimum absolute atomic E-state index is 0.0280. The van der Waals surface area contributed by atoms with Crippen LogP contribution in [0.15, 0.2) is 54.6 Å². The fraction of sp³-hybridized carbons (Fsp3) is 0.381. The summed E-state index contributed by atoms with van der Waals surface area (Å²) >= 11 is 0. The van der Waals surface area contributed by atoms with Crippen molar-refractivity contribution in [2.75, 3.05) is 26.0 Å². The molecule has 1 aliphatic rings. The van der Waals surface area contributed by atoms with Crippen LogP contribution in [0.2, 0.25) is 0 Å². The maximum atomic E-state index is 13.1. The van der Waals surface area contributed by atoms with Gasteiger partial charge in [0.2, 0.25) is 15.9 Å². The number of amides is 1. The number of carbonyl (C=O) groups excluding carboxylic acids is 1. The first-order valence-corrected chi connectivity index (χ1v) is 11.0. The topological polar surface area (TPSA) is 66.9 Å². The monoisotopic (exact) mass is 402 g/mol. The van der Waals surface area contributed by atoms with Crippen LogP contribution in [0.25, 0.3) is 0 Å². The number of para-hydroxylation sites is 1. The Kier molecular flexibility index (Phi) is 6.36. The number of benzene rings is 2. The van der Waals surface area contributed by atoms with Gasteiger partial charge in [0, 0.05) is 13.6 Å². The van der Waals surface area contributed by atoms with Crippen molar-refractivity contribution in [2.24, 2.45) is 0 Å². The van der Waals surface area contributed by atoms with E-state index in [1.807, 2.05) is 54.6 Å². The van der Waals surface area contributed by atoms with Crippen LogP contribution in [0.3, 0.4) is 0 Å². The molecule has 3 rings (SSSR count). The summed E-state index contributed by atoms with van der Waals surface area (Å²) in [6, 6.07) is 16.4. The molecule has 1 atom stereocenters. The lowest BCUT2D eigenvalue weighted by Crippen LogP contribution is -2.53. The summed E-state index contributed by atoms with van der Waals surface area (Å²) in [5.74, 6) is 0.507. The fourth-order valence-corrected chi connectivity index (χ4v) is 4.57. The number of carbonyl (C=O) groups is 1. The molecule has 1 amide bonds. The zero-order valence-electron chi connectivity index (χ0n) is 16.2. The molecule has 0 spiro atoms. The fourth-order valence-electron chi connectivity index (χ4n) is 3.35. The summed E-state index contributed by atoms with van der Waals surface area (Å²) in [4.78, 5) is 14.6. The maximum absolute atomic E-state index is 13.1. The quantitative estimate of drug-likeness (QED) is 0.713. The van der Waals surface area contributed by atoms with Gasteiger partial charge in [-0.3, -0.25) is 4.79 Å². The average molecular weight is 403 g/mol. The highest BCUT2D eigenvalue weighted by Crippen LogP contribution is 2.27. The Morgan fingerprint density at radius 2 is 1.75 bits per heavy atom. The molecule has 0 aliphatic carbocycles. The Bertz CT molecular complexity index is 915. The first-order valence-electron chi connectivity index (χ1n) is 9.41. The lowest BCUT2D eigenvalue weighted by atomic mass is 9.95. The normalized spacial score (nSPS) is 17.0. The molecule has 2 aromatic rings. The second-order valence-corrected chi connectivity index (χ2v) is 9.07. The van der Waals surface area contributed by atoms with E-state index in [9.17, 15) is 13.2 Å². The van der Waals surface area contributed by atoms with Gasteiger partial charge in [-0.2, -0.15) is 4.31 Å². The minimum Gasteiger partial charge on any atom is -0.492 e. The van der Waals surface area contributed by atoms with Gasteiger partial charge in [-0.05, 0) is 36.6 Å². The van der Waals surface area contributed by atoms with Crippen molar-refractivity contribution in [1.82, 2.24) is 9.21 Å². The predicted molar refractivity (Wildman–Crippen MR) is 109 cm³/mol. The number of ether oxygens (including phenoxy) is 1. The number of likely N-dealkylation sites (N-methyl/N-ethyl adjacent to an activating group) is 1. The van der Waals surface area contributed by atoms with Crippen molar-refractivity contribution < 1.29 is 17.9 Å². The summed E-state index contributed by atoms with van der Waals surface area (Å²) in [7, 11) is -1.81. The molecule has 0 N–H and O–H groups in total. The molecule has 0 saturated heterocycles. The molecule has 28 heavy (non-hydrogen) atoms. The molecule has 2 aromatic carbocycles. The lowest BCUT2D eigenvalue weighted by Gasteiger charge is -2.36. The second-order valence-electron chi connectivity index (χ2n) is 6.86. The Labute approximate surface area is 166 Å². The van der Waals surface area contributed by atoms with Gasteiger partial charge in [0.1, 0.15) is 18.4 Å². The van der Waals surface area contributed by atoms with Gasteiger partial charge in [0.05, 0.1) is 12.3 Å². The van der Waals surface area contributed by atoms with Gasteiger partial charge in [-0.25, -0.2) is 8.42 Å². The van der Waals surface area contributed by atoms with E-state index in [1.165, 1.54) is 4.31 Å². The smallest absolute Gasteiger partial charge is 0.241 e. The summed E-state index contributed by atoms with van der Waals surface area (Å²) in [6.07, 6.45) is 0.387. The molecule has 0 bridgehead atoms. The number of nitrogens with zero attached hydrogens (tertiary/aromatic N) is 2. The Morgan fingerprint density at radius 1 is 1.11 bits per heavy atom. The van der Waals surface area contributed by atoms with Gasteiger partial charge in [0.15, 0.2) is 0 Å². The van der Waals surface area contributed by atoms with Gasteiger partial charge >= 0.3 is 0 Å². The van der Waals surface area contributed by atoms with Crippen LogP contribution in [0.4, 0.5) is 0 Å². The summed E-state index contributed by atoms with van der Waals surface area (Å²) in [5.41, 5.74) is 1.98. The van der Waals surface area contributed by atoms with Crippen molar-refractivity contribution in [3.05, 3.63) is 65.7 Å². The minimum atomic E-state index is -3.50. The van der Waals surface area contributed by atoms with Crippen molar-refractivity contribution in [2.45, 2.75) is 25.9 Å². The van der Waals surface area contributed by atoms with Gasteiger partial charge in [-0.1, -0.05) is 42.5 Å². The summed E-state index contributed by atoms with van der Waals surface area (Å²) < 4.78 is 32.3. The summed E-state index contributed by atoms with van der Waals surface area (Å²) in [6.45, 7) is 2.56. The van der Waals surface area contributed by atoms with E-state index < -0.39 is 16.1 Å². The van der Waals surface area contributed by atoms with Crippen LogP contribution in [-0.2, 0) is 27.8 Å². The number of rotatable bonds is 7. The van der Waals surface area contributed by atoms with E-state index in [0.29, 0.717) is 19.6 Å². The van der Waals surface area contributed by atoms with E-state index in [1.54, 1.807) is 18.9 Å². The van der Waals surface area contributed by atoms with Crippen LogP contribution in [0.1, 0.15) is 18.1 Å². The number of hydrogen-bond donors (Lipinski definition) is 0. The molecular weight excluding hydrogens is 376 g/mol. The third kappa shape index (κ3) is 4.54. The average Bonchev–Trinajstić information content (AvgIpc) is 2.73. The standard InChI is InChI=1S/C21H26N2O4S/c1-3-28(25,26)23-16-18-10-8-7-9-17(18)15-20(23)21(24)22(2)13-14-27-19-11-5-4-6-12-19/h4-12,20H,3,13-16H2,1-2H3/t20-/m1/s1. The Morgan fingerprint density at radius 3 is 2.43 bits per heavy atom. The van der Waals surface area contributed by atoms with E-state index >= 15 is 0 Å². The van der Waals surface area contributed by atoms with Crippen LogP contribution in [0.5, 0.6) is 5.75 Å². The molecular formula is C21H26N2O4S. The molecule has 0 aromatic heterocycles. The number of fused-ring (bicyclic) bond motifs is 1. The third-order valence-electron chi connectivity index (χ3n) is 5.03. The maximum Gasteiger partial charge on any atom is 0.241 e. The van der Waals surface area contributed by atoms with Crippen LogP contribution < -0.4 is 4.74 Å². The van der Waals surface area contributed by atoms with E-state index in [-0.39, 0.29) is 18.2 Å². The van der Waals surface area contributed by atoms with Crippen LogP contribution >= 0.6 is 0 Å². The molecule has 0 unspecified atom stereocenters. The van der Waals surface area contributed by atoms with Crippen molar-refractivity contribution in [1.29, 1.82) is 0 Å². The van der Waals surface area contributed by atoms with E-state index in [2.05, 4.69) is 0 Å². The molecule has 1 aliphatic heterocycles. The van der Waals surface area contributed by atoms with Crippen LogP contribution in [-0.4, -0.2) is 55.5 Å². The number of hydrogen-bond acceptors (Lipinski definition) is 4. The highest BCUT2D eigenvalue weighted by molar-refractivity contribution is 7.89. The number of sulfonamides is 1. The molecule has 0 radical (unpaired) electrons. The van der Waals surface area contributed by atoms with Crippen molar-refractivity contribution >= 4 is 15.9 Å². The zero-order valence-corrected chi connectivity index (χ0v) is 17.1. The highest BCUT2D eigenvalue weighted by atomic mass is 32.2. The molecule has 1 heterocycles. The second kappa shape index (κ2) is 8.75. The van der Waals surface area contributed by atoms with Gasteiger partial charge in [-0.15, -0.1) is 0 Å². The first-order chi connectivity index (χ1) is 13.4. The Balaban J connectivity index is 1.72. The molecule has 0 fully saturated rings. The van der Waals surface area contributed by atoms with Gasteiger partial charge in [0.25, 0.3) is 0 Å². The van der Waals surface area contributed by atoms with Crippen molar-refractivity contribution in [3.8, 4) is 5.75 Å². The third-order valence-corrected chi connectivity index (χ3v) is 6.86. The molecule has 7 heteroatoms. The largest absolute Gasteiger partial charge is 0.492 e. The molecule has 6 nitrogen and oxygen atoms in total. The lowest BCUT2D eigenvalue weighted by molar-refractivity contribution is -0.134. The van der Waals surface area contributed by atoms with Crippen molar-refractivity contribution in [3.63, 3.8) is 0 Å². The Hall–Kier alpha value is -2.38. The van der Waals surface area contributed by atoms with E-state index in [0.717, 1.165) is 16.9 Å². The molecule has 0 saturated carbocycles. The highest BCUT2D eigenvalue weighted by Gasteiger charge is 2.39. The first kappa shape index (κ1) is 20.4. The SMILES string of the molecule is CCS(=O)(=O)N1Cc2ccccc2C[C@@H]1C(=O)N(C)CCOc1ccccc1. The van der Waals surface area contributed by atoms with Crippen LogP contribution in [0, 0.1) is 0 Å². The molecule has 150 valence electrons.